The lowest BCUT2D eigenvalue weighted by Gasteiger charge is -2.31. The van der Waals surface area contributed by atoms with Crippen molar-refractivity contribution in [2.75, 3.05) is 25.9 Å². The Morgan fingerprint density at radius 3 is 2.59 bits per heavy atom. The van der Waals surface area contributed by atoms with Gasteiger partial charge >= 0.3 is 0 Å². The normalized spacial score (nSPS) is 13.2. The Labute approximate surface area is 160 Å². The molecule has 2 atom stereocenters. The highest BCUT2D eigenvalue weighted by molar-refractivity contribution is 5.43. The summed E-state index contributed by atoms with van der Waals surface area (Å²) in [6, 6.07) is 13.7. The van der Waals surface area contributed by atoms with E-state index in [0.29, 0.717) is 30.2 Å². The Balaban J connectivity index is 2.20. The molecule has 5 N–H and O–H groups in total. The van der Waals surface area contributed by atoms with Crippen molar-refractivity contribution in [1.29, 1.82) is 0 Å². The maximum absolute atomic E-state index is 14.4. The van der Waals surface area contributed by atoms with E-state index in [1.807, 2.05) is 37.3 Å². The molecule has 5 nitrogen and oxygen atoms in total. The fourth-order valence-electron chi connectivity index (χ4n) is 2.96. The molecule has 0 aliphatic rings. The van der Waals surface area contributed by atoms with Crippen molar-refractivity contribution >= 4 is 5.69 Å². The first kappa shape index (κ1) is 20.7. The number of benzene rings is 2. The minimum atomic E-state index is -0.866. The molecule has 0 spiro atoms. The Morgan fingerprint density at radius 1 is 1.26 bits per heavy atom. The standard InChI is InChI=1S/C21H29FN4O/c1-4-26(13-16-8-6-5-7-9-16)14-20(27)21(25-15(2)24-3)18-12-17(23)10-11-19(18)22/h5-12,20-21,24-25,27H,2,4,13-14,23H2,1,3H3. The van der Waals surface area contributed by atoms with Gasteiger partial charge < -0.3 is 21.5 Å². The molecule has 27 heavy (non-hydrogen) atoms. The van der Waals surface area contributed by atoms with Crippen molar-refractivity contribution in [1.82, 2.24) is 15.5 Å². The quantitative estimate of drug-likeness (QED) is 0.483. The van der Waals surface area contributed by atoms with E-state index in [4.69, 9.17) is 5.73 Å². The number of hydrogen-bond donors (Lipinski definition) is 4. The molecule has 2 rings (SSSR count). The van der Waals surface area contributed by atoms with E-state index < -0.39 is 18.0 Å². The predicted octanol–water partition coefficient (Wildman–Crippen LogP) is 2.61. The second kappa shape index (κ2) is 9.94. The van der Waals surface area contributed by atoms with Crippen molar-refractivity contribution in [2.45, 2.75) is 25.6 Å². The van der Waals surface area contributed by atoms with E-state index >= 15 is 0 Å². The summed E-state index contributed by atoms with van der Waals surface area (Å²) < 4.78 is 14.4. The first-order valence-corrected chi connectivity index (χ1v) is 9.07. The first-order valence-electron chi connectivity index (χ1n) is 9.07. The summed E-state index contributed by atoms with van der Waals surface area (Å²) in [5.74, 6) is 0.0720. The van der Waals surface area contributed by atoms with Gasteiger partial charge in [0.25, 0.3) is 0 Å². The zero-order valence-corrected chi connectivity index (χ0v) is 16.0. The second-order valence-electron chi connectivity index (χ2n) is 6.51. The number of nitrogen functional groups attached to an aromatic ring is 1. The van der Waals surface area contributed by atoms with Crippen LogP contribution in [0.4, 0.5) is 10.1 Å². The topological polar surface area (TPSA) is 73.5 Å². The highest BCUT2D eigenvalue weighted by Gasteiger charge is 2.26. The number of likely N-dealkylation sites (N-methyl/N-ethyl adjacent to an activating group) is 1. The third kappa shape index (κ3) is 5.98. The number of aliphatic hydroxyl groups is 1. The van der Waals surface area contributed by atoms with Gasteiger partial charge in [0.15, 0.2) is 0 Å². The van der Waals surface area contributed by atoms with Gasteiger partial charge in [0.05, 0.1) is 18.0 Å². The Hall–Kier alpha value is -2.57. The van der Waals surface area contributed by atoms with Crippen LogP contribution in [0.15, 0.2) is 60.9 Å². The number of anilines is 1. The Bertz CT molecular complexity index is 738. The van der Waals surface area contributed by atoms with Gasteiger partial charge in [-0.25, -0.2) is 4.39 Å². The molecule has 6 heteroatoms. The minimum absolute atomic E-state index is 0.315. The van der Waals surface area contributed by atoms with Gasteiger partial charge in [-0.1, -0.05) is 43.8 Å². The van der Waals surface area contributed by atoms with E-state index in [9.17, 15) is 9.50 Å². The molecule has 0 saturated heterocycles. The summed E-state index contributed by atoms with van der Waals surface area (Å²) in [4.78, 5) is 2.11. The molecule has 146 valence electrons. The van der Waals surface area contributed by atoms with Crippen molar-refractivity contribution in [3.8, 4) is 0 Å². The molecule has 0 aromatic heterocycles. The molecule has 0 bridgehead atoms. The third-order valence-corrected chi connectivity index (χ3v) is 4.51. The van der Waals surface area contributed by atoms with Crippen molar-refractivity contribution in [3.63, 3.8) is 0 Å². The summed E-state index contributed by atoms with van der Waals surface area (Å²) in [5, 5.41) is 16.9. The van der Waals surface area contributed by atoms with Gasteiger partial charge in [0.2, 0.25) is 0 Å². The average Bonchev–Trinajstić information content (AvgIpc) is 2.68. The Kier molecular flexibility index (Phi) is 7.64. The zero-order valence-electron chi connectivity index (χ0n) is 16.0. The predicted molar refractivity (Wildman–Crippen MR) is 108 cm³/mol. The van der Waals surface area contributed by atoms with E-state index in [-0.39, 0.29) is 0 Å². The molecule has 0 radical (unpaired) electrons. The van der Waals surface area contributed by atoms with Crippen LogP contribution >= 0.6 is 0 Å². The number of rotatable bonds is 10. The SMILES string of the molecule is C=C(NC)NC(c1cc(N)ccc1F)C(O)CN(CC)Cc1ccccc1. The lowest BCUT2D eigenvalue weighted by molar-refractivity contribution is 0.0795. The molecule has 0 amide bonds. The van der Waals surface area contributed by atoms with Crippen molar-refractivity contribution in [2.24, 2.45) is 0 Å². The lowest BCUT2D eigenvalue weighted by atomic mass is 9.99. The van der Waals surface area contributed by atoms with Crippen LogP contribution in [0, 0.1) is 5.82 Å². The number of aliphatic hydroxyl groups excluding tert-OH is 1. The van der Waals surface area contributed by atoms with Crippen LogP contribution in [-0.4, -0.2) is 36.2 Å². The van der Waals surface area contributed by atoms with Gasteiger partial charge in [-0.3, -0.25) is 4.90 Å². The minimum Gasteiger partial charge on any atom is -0.399 e. The second-order valence-corrected chi connectivity index (χ2v) is 6.51. The smallest absolute Gasteiger partial charge is 0.128 e. The van der Waals surface area contributed by atoms with Crippen LogP contribution in [-0.2, 0) is 6.54 Å². The van der Waals surface area contributed by atoms with Gasteiger partial charge in [-0.05, 0) is 30.3 Å². The lowest BCUT2D eigenvalue weighted by Crippen LogP contribution is -2.42. The molecule has 0 fully saturated rings. The van der Waals surface area contributed by atoms with Crippen LogP contribution in [0.5, 0.6) is 0 Å². The van der Waals surface area contributed by atoms with E-state index in [2.05, 4.69) is 22.1 Å². The van der Waals surface area contributed by atoms with E-state index in [1.54, 1.807) is 13.1 Å². The van der Waals surface area contributed by atoms with E-state index in [1.165, 1.54) is 12.1 Å². The molecule has 0 heterocycles. The fraction of sp³-hybridized carbons (Fsp3) is 0.333. The average molecular weight is 372 g/mol. The molecule has 2 aromatic rings. The molecule has 2 aromatic carbocycles. The fourth-order valence-corrected chi connectivity index (χ4v) is 2.96. The Morgan fingerprint density at radius 2 is 1.96 bits per heavy atom. The highest BCUT2D eigenvalue weighted by atomic mass is 19.1. The maximum atomic E-state index is 14.4. The third-order valence-electron chi connectivity index (χ3n) is 4.51. The molecule has 2 unspecified atom stereocenters. The van der Waals surface area contributed by atoms with Crippen molar-refractivity contribution in [3.05, 3.63) is 77.9 Å². The number of nitrogens with zero attached hydrogens (tertiary/aromatic N) is 1. The maximum Gasteiger partial charge on any atom is 0.128 e. The van der Waals surface area contributed by atoms with Gasteiger partial charge in [-0.15, -0.1) is 0 Å². The van der Waals surface area contributed by atoms with Crippen LogP contribution in [0.2, 0.25) is 0 Å². The van der Waals surface area contributed by atoms with Crippen LogP contribution < -0.4 is 16.4 Å². The number of nitrogens with two attached hydrogens (primary N) is 1. The van der Waals surface area contributed by atoms with Crippen LogP contribution in [0.25, 0.3) is 0 Å². The number of nitrogens with one attached hydrogen (secondary N) is 2. The number of hydrogen-bond acceptors (Lipinski definition) is 5. The first-order chi connectivity index (χ1) is 12.9. The molecular formula is C21H29FN4O. The summed E-state index contributed by atoms with van der Waals surface area (Å²) in [5.41, 5.74) is 7.75. The van der Waals surface area contributed by atoms with Crippen LogP contribution in [0.1, 0.15) is 24.1 Å². The largest absolute Gasteiger partial charge is 0.399 e. The summed E-state index contributed by atoms with van der Waals surface area (Å²) in [6.45, 7) is 7.70. The molecule has 0 saturated carbocycles. The van der Waals surface area contributed by atoms with Gasteiger partial charge in [0.1, 0.15) is 5.82 Å². The van der Waals surface area contributed by atoms with Gasteiger partial charge in [-0.2, -0.15) is 0 Å². The highest BCUT2D eigenvalue weighted by Crippen LogP contribution is 2.24. The summed E-state index contributed by atoms with van der Waals surface area (Å²) in [7, 11) is 1.71. The van der Waals surface area contributed by atoms with Crippen molar-refractivity contribution < 1.29 is 9.50 Å². The van der Waals surface area contributed by atoms with E-state index in [0.717, 1.165) is 12.1 Å². The van der Waals surface area contributed by atoms with Gasteiger partial charge in [0, 0.05) is 31.4 Å². The molecule has 0 aliphatic carbocycles. The monoisotopic (exact) mass is 372 g/mol. The number of halogens is 1. The van der Waals surface area contributed by atoms with Crippen LogP contribution in [0.3, 0.4) is 0 Å². The summed E-state index contributed by atoms with van der Waals surface area (Å²) >= 11 is 0. The molecular weight excluding hydrogens is 343 g/mol. The zero-order chi connectivity index (χ0) is 19.8. The molecule has 0 aliphatic heterocycles. The summed E-state index contributed by atoms with van der Waals surface area (Å²) in [6.07, 6.45) is -0.866.